The smallest absolute Gasteiger partial charge is 0.262 e. The molecule has 1 N–H and O–H groups in total. The Bertz CT molecular complexity index is 1190. The van der Waals surface area contributed by atoms with Crippen LogP contribution in [-0.2, 0) is 10.0 Å². The number of sulfonamides is 1. The number of hydrogen-bond donors (Lipinski definition) is 1. The molecule has 0 saturated heterocycles. The fourth-order valence-corrected chi connectivity index (χ4v) is 3.80. The topological polar surface area (TPSA) is 92.1 Å². The lowest BCUT2D eigenvalue weighted by molar-refractivity contribution is 0.413. The second-order valence-corrected chi connectivity index (χ2v) is 7.71. The lowest BCUT2D eigenvalue weighted by atomic mass is 10.1. The Kier molecular flexibility index (Phi) is 5.49. The Balaban J connectivity index is 1.91. The Labute approximate surface area is 166 Å². The van der Waals surface area contributed by atoms with Gasteiger partial charge in [0, 0.05) is 11.6 Å². The van der Waals surface area contributed by atoms with Gasteiger partial charge in [-0.1, -0.05) is 17.7 Å². The number of rotatable bonds is 5. The van der Waals surface area contributed by atoms with Gasteiger partial charge in [0.1, 0.15) is 11.8 Å². The summed E-state index contributed by atoms with van der Waals surface area (Å²) in [6, 6.07) is 14.6. The predicted molar refractivity (Wildman–Crippen MR) is 103 cm³/mol. The third-order valence-electron chi connectivity index (χ3n) is 3.80. The first-order chi connectivity index (χ1) is 13.3. The van der Waals surface area contributed by atoms with Crippen LogP contribution in [0.1, 0.15) is 5.69 Å². The van der Waals surface area contributed by atoms with Crippen molar-refractivity contribution < 1.29 is 17.5 Å². The van der Waals surface area contributed by atoms with Crippen molar-refractivity contribution in [1.29, 1.82) is 5.26 Å². The first-order valence-electron chi connectivity index (χ1n) is 7.87. The van der Waals surface area contributed by atoms with Crippen LogP contribution in [0.3, 0.4) is 0 Å². The van der Waals surface area contributed by atoms with E-state index in [2.05, 4.69) is 9.71 Å². The fraction of sp³-hybridized carbons (Fsp3) is 0.0526. The van der Waals surface area contributed by atoms with Gasteiger partial charge in [0.15, 0.2) is 11.5 Å². The molecule has 6 nitrogen and oxygen atoms in total. The van der Waals surface area contributed by atoms with Crippen LogP contribution in [-0.4, -0.2) is 20.5 Å². The number of nitrogens with one attached hydrogen (secondary N) is 1. The summed E-state index contributed by atoms with van der Waals surface area (Å²) in [5, 5.41) is 9.09. The number of nitrogens with zero attached hydrogens (tertiary/aromatic N) is 2. The van der Waals surface area contributed by atoms with E-state index in [0.717, 1.165) is 6.07 Å². The Morgan fingerprint density at radius 3 is 2.64 bits per heavy atom. The maximum absolute atomic E-state index is 13.4. The van der Waals surface area contributed by atoms with Crippen LogP contribution in [0, 0.1) is 17.1 Å². The van der Waals surface area contributed by atoms with Gasteiger partial charge in [-0.3, -0.25) is 4.72 Å². The normalized spacial score (nSPS) is 10.9. The second-order valence-electron chi connectivity index (χ2n) is 5.62. The molecule has 2 aromatic carbocycles. The molecule has 142 valence electrons. The summed E-state index contributed by atoms with van der Waals surface area (Å²) in [5.74, 6) is -0.322. The molecule has 1 heterocycles. The van der Waals surface area contributed by atoms with Gasteiger partial charge in [0.2, 0.25) is 0 Å². The van der Waals surface area contributed by atoms with Crippen molar-refractivity contribution in [3.05, 3.63) is 71.1 Å². The van der Waals surface area contributed by atoms with Crippen molar-refractivity contribution >= 4 is 27.3 Å². The molecule has 9 heteroatoms. The first kappa shape index (κ1) is 19.6. The van der Waals surface area contributed by atoms with Gasteiger partial charge in [0.05, 0.1) is 28.4 Å². The molecule has 0 aliphatic carbocycles. The number of hydrogen-bond acceptors (Lipinski definition) is 5. The number of benzene rings is 2. The van der Waals surface area contributed by atoms with Crippen molar-refractivity contribution in [3.63, 3.8) is 0 Å². The number of aromatic nitrogens is 1. The summed E-state index contributed by atoms with van der Waals surface area (Å²) in [4.78, 5) is 3.95. The molecule has 0 amide bonds. The predicted octanol–water partition coefficient (Wildman–Crippen LogP) is 4.22. The maximum atomic E-state index is 13.4. The zero-order valence-electron chi connectivity index (χ0n) is 14.5. The summed E-state index contributed by atoms with van der Waals surface area (Å²) in [6.45, 7) is 0. The number of pyridine rings is 1. The molecule has 0 bridgehead atoms. The molecule has 0 radical (unpaired) electrons. The SMILES string of the molecule is COc1cccc(S(=O)(=O)Nc2ccc(-c3ccc(F)c(C#N)n3)c(Cl)c2)c1. The van der Waals surface area contributed by atoms with Crippen LogP contribution in [0.4, 0.5) is 10.1 Å². The lowest BCUT2D eigenvalue weighted by Crippen LogP contribution is -2.13. The molecule has 3 rings (SSSR count). The van der Waals surface area contributed by atoms with E-state index in [-0.39, 0.29) is 21.3 Å². The van der Waals surface area contributed by atoms with Crippen LogP contribution in [0.2, 0.25) is 5.02 Å². The summed E-state index contributed by atoms with van der Waals surface area (Å²) in [6.07, 6.45) is 0. The molecule has 0 aliphatic heterocycles. The summed E-state index contributed by atoms with van der Waals surface area (Å²) < 4.78 is 46.0. The molecule has 0 aliphatic rings. The molecule has 28 heavy (non-hydrogen) atoms. The number of nitriles is 1. The minimum absolute atomic E-state index is 0.0333. The molecule has 3 aromatic rings. The van der Waals surface area contributed by atoms with Crippen molar-refractivity contribution in [2.75, 3.05) is 11.8 Å². The number of ether oxygens (including phenoxy) is 1. The van der Waals surface area contributed by atoms with Crippen LogP contribution in [0.5, 0.6) is 5.75 Å². The summed E-state index contributed by atoms with van der Waals surface area (Å²) >= 11 is 6.25. The van der Waals surface area contributed by atoms with Gasteiger partial charge < -0.3 is 4.74 Å². The molecule has 0 fully saturated rings. The van der Waals surface area contributed by atoms with Gasteiger partial charge >= 0.3 is 0 Å². The molecular weight excluding hydrogens is 405 g/mol. The lowest BCUT2D eigenvalue weighted by Gasteiger charge is -2.11. The monoisotopic (exact) mass is 417 g/mol. The summed E-state index contributed by atoms with van der Waals surface area (Å²) in [5.41, 5.74) is 0.614. The third-order valence-corrected chi connectivity index (χ3v) is 5.49. The fourth-order valence-electron chi connectivity index (χ4n) is 2.44. The highest BCUT2D eigenvalue weighted by atomic mass is 35.5. The molecule has 0 saturated carbocycles. The number of anilines is 1. The number of halogens is 2. The highest BCUT2D eigenvalue weighted by Crippen LogP contribution is 2.31. The van der Waals surface area contributed by atoms with Crippen molar-refractivity contribution in [1.82, 2.24) is 4.98 Å². The largest absolute Gasteiger partial charge is 0.497 e. The van der Waals surface area contributed by atoms with Crippen LogP contribution >= 0.6 is 11.6 Å². The zero-order valence-corrected chi connectivity index (χ0v) is 16.1. The average molecular weight is 418 g/mol. The second kappa shape index (κ2) is 7.84. The molecule has 0 spiro atoms. The minimum atomic E-state index is -3.85. The first-order valence-corrected chi connectivity index (χ1v) is 9.73. The number of methoxy groups -OCH3 is 1. The van der Waals surface area contributed by atoms with E-state index in [1.165, 1.54) is 43.5 Å². The quantitative estimate of drug-likeness (QED) is 0.670. The summed E-state index contributed by atoms with van der Waals surface area (Å²) in [7, 11) is -2.41. The molecule has 0 unspecified atom stereocenters. The highest BCUT2D eigenvalue weighted by molar-refractivity contribution is 7.92. The molecule has 1 aromatic heterocycles. The van der Waals surface area contributed by atoms with Gasteiger partial charge in [-0.05, 0) is 42.5 Å². The van der Waals surface area contributed by atoms with Crippen LogP contribution in [0.15, 0.2) is 59.5 Å². The maximum Gasteiger partial charge on any atom is 0.262 e. The van der Waals surface area contributed by atoms with Gasteiger partial charge in [-0.15, -0.1) is 0 Å². The van der Waals surface area contributed by atoms with E-state index in [1.54, 1.807) is 18.2 Å². The average Bonchev–Trinajstić information content (AvgIpc) is 2.68. The Hall–Kier alpha value is -3.15. The Morgan fingerprint density at radius 2 is 1.96 bits per heavy atom. The van der Waals surface area contributed by atoms with E-state index in [9.17, 15) is 12.8 Å². The van der Waals surface area contributed by atoms with Gasteiger partial charge in [-0.25, -0.2) is 17.8 Å². The van der Waals surface area contributed by atoms with E-state index in [4.69, 9.17) is 21.6 Å². The highest BCUT2D eigenvalue weighted by Gasteiger charge is 2.16. The molecule has 0 atom stereocenters. The Morgan fingerprint density at radius 1 is 1.18 bits per heavy atom. The van der Waals surface area contributed by atoms with E-state index < -0.39 is 15.8 Å². The standard InChI is InChI=1S/C19H13ClFN3O3S/c1-27-13-3-2-4-14(10-13)28(25,26)24-12-5-6-15(16(20)9-12)18-8-7-17(21)19(11-22)23-18/h2-10,24H,1H3. The van der Waals surface area contributed by atoms with E-state index in [1.807, 2.05) is 0 Å². The van der Waals surface area contributed by atoms with Crippen molar-refractivity contribution in [3.8, 4) is 23.1 Å². The minimum Gasteiger partial charge on any atom is -0.497 e. The van der Waals surface area contributed by atoms with Crippen LogP contribution in [0.25, 0.3) is 11.3 Å². The zero-order chi connectivity index (χ0) is 20.3. The van der Waals surface area contributed by atoms with Crippen molar-refractivity contribution in [2.45, 2.75) is 4.90 Å². The third kappa shape index (κ3) is 4.06. The van der Waals surface area contributed by atoms with E-state index in [0.29, 0.717) is 17.0 Å². The van der Waals surface area contributed by atoms with E-state index >= 15 is 0 Å². The van der Waals surface area contributed by atoms with Gasteiger partial charge in [-0.2, -0.15) is 5.26 Å². The molecular formula is C19H13ClFN3O3S. The van der Waals surface area contributed by atoms with Crippen LogP contribution < -0.4 is 9.46 Å². The van der Waals surface area contributed by atoms with Crippen molar-refractivity contribution in [2.24, 2.45) is 0 Å². The van der Waals surface area contributed by atoms with Gasteiger partial charge in [0.25, 0.3) is 10.0 Å².